The van der Waals surface area contributed by atoms with Crippen molar-refractivity contribution in [3.63, 3.8) is 0 Å². The van der Waals surface area contributed by atoms with Crippen LogP contribution in [-0.2, 0) is 16.1 Å². The largest absolute Gasteiger partial charge is 0.488 e. The second kappa shape index (κ2) is 12.9. The van der Waals surface area contributed by atoms with Gasteiger partial charge in [-0.3, -0.25) is 9.69 Å². The highest BCUT2D eigenvalue weighted by atomic mass is 32.1. The number of piperidine rings is 1. The molecule has 0 spiro atoms. The Labute approximate surface area is 246 Å². The molecule has 220 valence electrons. The minimum absolute atomic E-state index is 0.197. The SMILES string of the molecule is CCOCCN(C)C(O)c1ccc(COc2ccc(C)cc2-c2csc(N3C[C@H]4CC[C@@H](C3)[C@H]4C(=O)O)n2)c(C)c1. The van der Waals surface area contributed by atoms with Gasteiger partial charge in [0.05, 0.1) is 18.2 Å². The van der Waals surface area contributed by atoms with Gasteiger partial charge in [-0.2, -0.15) is 0 Å². The summed E-state index contributed by atoms with van der Waals surface area (Å²) >= 11 is 1.61. The molecule has 0 amide bonds. The zero-order chi connectivity index (χ0) is 29.1. The van der Waals surface area contributed by atoms with Gasteiger partial charge in [0.1, 0.15) is 18.6 Å². The molecule has 8 nitrogen and oxygen atoms in total. The Morgan fingerprint density at radius 2 is 1.93 bits per heavy atom. The standard InChI is InChI=1S/C32H41N3O5S/c1-5-39-13-12-34(4)30(36)22-7-10-25(21(3)15-22)18-40-28-11-6-20(2)14-26(28)27-19-41-32(33-27)35-16-23-8-9-24(17-35)29(23)31(37)38/h6-7,10-11,14-15,19,23-24,29-30,36H,5,8-9,12-13,16-18H2,1-4H3,(H,37,38)/t23-,24+,29+,30?. The second-order valence-corrected chi connectivity index (χ2v) is 12.2. The number of fused-ring (bicyclic) bond motifs is 2. The van der Waals surface area contributed by atoms with Crippen molar-refractivity contribution in [2.75, 3.05) is 44.8 Å². The number of aliphatic hydroxyl groups excluding tert-OH is 1. The van der Waals surface area contributed by atoms with E-state index in [0.29, 0.717) is 26.4 Å². The van der Waals surface area contributed by atoms with Crippen LogP contribution in [0.5, 0.6) is 5.75 Å². The van der Waals surface area contributed by atoms with E-state index in [2.05, 4.69) is 23.3 Å². The number of likely N-dealkylation sites (N-methyl/N-ethyl adjacent to an activating group) is 1. The first kappa shape index (κ1) is 29.5. The molecule has 1 aromatic heterocycles. The number of hydrogen-bond donors (Lipinski definition) is 2. The van der Waals surface area contributed by atoms with Crippen LogP contribution in [-0.4, -0.2) is 66.0 Å². The maximum Gasteiger partial charge on any atom is 0.307 e. The number of anilines is 1. The zero-order valence-corrected chi connectivity index (χ0v) is 25.2. The summed E-state index contributed by atoms with van der Waals surface area (Å²) < 4.78 is 11.8. The fourth-order valence-electron chi connectivity index (χ4n) is 6.21. The molecule has 0 radical (unpaired) electrons. The number of benzene rings is 2. The third-order valence-corrected chi connectivity index (χ3v) is 9.45. The van der Waals surface area contributed by atoms with E-state index in [-0.39, 0.29) is 17.8 Å². The normalized spacial score (nSPS) is 20.9. The maximum atomic E-state index is 11.8. The molecule has 1 saturated heterocycles. The van der Waals surface area contributed by atoms with Crippen LogP contribution in [0.15, 0.2) is 41.8 Å². The van der Waals surface area contributed by atoms with Crippen LogP contribution in [0.4, 0.5) is 5.13 Å². The lowest BCUT2D eigenvalue weighted by atomic mass is 9.85. The molecule has 1 aliphatic heterocycles. The number of carboxylic acids is 1. The molecule has 2 heterocycles. The van der Waals surface area contributed by atoms with Crippen molar-refractivity contribution >= 4 is 22.4 Å². The quantitative estimate of drug-likeness (QED) is 0.214. The molecule has 41 heavy (non-hydrogen) atoms. The summed E-state index contributed by atoms with van der Waals surface area (Å²) in [5.74, 6) is 0.301. The fourth-order valence-corrected chi connectivity index (χ4v) is 7.06. The van der Waals surface area contributed by atoms with E-state index in [4.69, 9.17) is 14.5 Å². The van der Waals surface area contributed by atoms with Crippen molar-refractivity contribution in [3.8, 4) is 17.0 Å². The molecule has 9 heteroatoms. The first-order valence-corrected chi connectivity index (χ1v) is 15.4. The molecule has 3 aromatic rings. The van der Waals surface area contributed by atoms with E-state index < -0.39 is 12.2 Å². The van der Waals surface area contributed by atoms with Crippen molar-refractivity contribution in [1.82, 2.24) is 9.88 Å². The number of hydrogen-bond acceptors (Lipinski definition) is 8. The monoisotopic (exact) mass is 579 g/mol. The van der Waals surface area contributed by atoms with E-state index in [1.807, 2.05) is 56.1 Å². The van der Waals surface area contributed by atoms with Crippen LogP contribution < -0.4 is 9.64 Å². The third kappa shape index (κ3) is 6.59. The van der Waals surface area contributed by atoms with E-state index in [0.717, 1.165) is 70.3 Å². The van der Waals surface area contributed by atoms with E-state index in [1.165, 1.54) is 0 Å². The highest BCUT2D eigenvalue weighted by molar-refractivity contribution is 7.14. The van der Waals surface area contributed by atoms with Gasteiger partial charge in [-0.15, -0.1) is 11.3 Å². The number of thiazole rings is 1. The van der Waals surface area contributed by atoms with E-state index >= 15 is 0 Å². The summed E-state index contributed by atoms with van der Waals surface area (Å²) in [6, 6.07) is 12.2. The second-order valence-electron chi connectivity index (χ2n) is 11.4. The van der Waals surface area contributed by atoms with Gasteiger partial charge in [0.25, 0.3) is 0 Å². The summed E-state index contributed by atoms with van der Waals surface area (Å²) in [4.78, 5) is 20.9. The predicted molar refractivity (Wildman–Crippen MR) is 161 cm³/mol. The lowest BCUT2D eigenvalue weighted by Crippen LogP contribution is -2.44. The molecule has 5 rings (SSSR count). The van der Waals surface area contributed by atoms with Gasteiger partial charge < -0.3 is 24.6 Å². The fraction of sp³-hybridized carbons (Fsp3) is 0.500. The smallest absolute Gasteiger partial charge is 0.307 e. The summed E-state index contributed by atoms with van der Waals surface area (Å²) in [6.07, 6.45) is 1.27. The Morgan fingerprint density at radius 3 is 2.61 bits per heavy atom. The number of aromatic nitrogens is 1. The number of aryl methyl sites for hydroxylation is 2. The molecule has 4 atom stereocenters. The summed E-state index contributed by atoms with van der Waals surface area (Å²) in [5, 5.41) is 23.5. The number of aliphatic hydroxyl groups is 1. The molecule has 2 N–H and O–H groups in total. The number of carboxylic acid groups (broad SMARTS) is 1. The maximum absolute atomic E-state index is 11.8. The van der Waals surface area contributed by atoms with Gasteiger partial charge in [0.2, 0.25) is 0 Å². The Balaban J connectivity index is 1.27. The molecular formula is C32H41N3O5S. The van der Waals surface area contributed by atoms with Crippen LogP contribution in [0.3, 0.4) is 0 Å². The number of rotatable bonds is 12. The van der Waals surface area contributed by atoms with Gasteiger partial charge in [0.15, 0.2) is 5.13 Å². The number of carbonyl (C=O) groups is 1. The van der Waals surface area contributed by atoms with Crippen molar-refractivity contribution in [2.24, 2.45) is 17.8 Å². The molecular weight excluding hydrogens is 538 g/mol. The highest BCUT2D eigenvalue weighted by Crippen LogP contribution is 2.44. The first-order valence-electron chi connectivity index (χ1n) is 14.5. The third-order valence-electron chi connectivity index (χ3n) is 8.55. The van der Waals surface area contributed by atoms with Gasteiger partial charge in [-0.25, -0.2) is 4.98 Å². The van der Waals surface area contributed by atoms with Crippen LogP contribution in [0.1, 0.15) is 48.2 Å². The minimum atomic E-state index is -0.697. The molecule has 2 aliphatic rings. The molecule has 1 aliphatic carbocycles. The average molecular weight is 580 g/mol. The molecule has 2 fully saturated rings. The van der Waals surface area contributed by atoms with Crippen LogP contribution in [0.25, 0.3) is 11.3 Å². The van der Waals surface area contributed by atoms with Crippen molar-refractivity contribution in [2.45, 2.75) is 46.4 Å². The van der Waals surface area contributed by atoms with Crippen molar-refractivity contribution < 1.29 is 24.5 Å². The first-order chi connectivity index (χ1) is 19.7. The van der Waals surface area contributed by atoms with Gasteiger partial charge in [0, 0.05) is 37.2 Å². The van der Waals surface area contributed by atoms with Crippen molar-refractivity contribution in [1.29, 1.82) is 0 Å². The number of nitrogens with zero attached hydrogens (tertiary/aromatic N) is 3. The Morgan fingerprint density at radius 1 is 1.17 bits per heavy atom. The van der Waals surface area contributed by atoms with Gasteiger partial charge in [-0.05, 0) is 81.3 Å². The van der Waals surface area contributed by atoms with E-state index in [9.17, 15) is 15.0 Å². The molecule has 2 aromatic carbocycles. The molecule has 2 bridgehead atoms. The van der Waals surface area contributed by atoms with Crippen LogP contribution in [0.2, 0.25) is 0 Å². The predicted octanol–water partition coefficient (Wildman–Crippen LogP) is 5.51. The molecule has 1 unspecified atom stereocenters. The molecule has 1 saturated carbocycles. The zero-order valence-electron chi connectivity index (χ0n) is 24.4. The Hall–Kier alpha value is -2.98. The Kier molecular flexibility index (Phi) is 9.28. The van der Waals surface area contributed by atoms with Gasteiger partial charge in [-0.1, -0.05) is 29.8 Å². The Bertz CT molecular complexity index is 1350. The number of aliphatic carboxylic acids is 1. The topological polar surface area (TPSA) is 95.4 Å². The highest BCUT2D eigenvalue weighted by Gasteiger charge is 2.46. The van der Waals surface area contributed by atoms with E-state index in [1.54, 1.807) is 11.3 Å². The van der Waals surface area contributed by atoms with Gasteiger partial charge >= 0.3 is 5.97 Å². The summed E-state index contributed by atoms with van der Waals surface area (Å²) in [6.45, 7) is 9.88. The lowest BCUT2D eigenvalue weighted by Gasteiger charge is -2.35. The summed E-state index contributed by atoms with van der Waals surface area (Å²) in [7, 11) is 1.89. The minimum Gasteiger partial charge on any atom is -0.488 e. The summed E-state index contributed by atoms with van der Waals surface area (Å²) in [5.41, 5.74) is 5.92. The lowest BCUT2D eigenvalue weighted by molar-refractivity contribution is -0.144. The van der Waals surface area contributed by atoms with Crippen LogP contribution in [0, 0.1) is 31.6 Å². The average Bonchev–Trinajstić information content (AvgIpc) is 3.55. The number of ether oxygens (including phenoxy) is 2. The van der Waals surface area contributed by atoms with Crippen LogP contribution >= 0.6 is 11.3 Å². The van der Waals surface area contributed by atoms with Crippen molar-refractivity contribution in [3.05, 3.63) is 64.0 Å².